The Labute approximate surface area is 211 Å². The van der Waals surface area contributed by atoms with Gasteiger partial charge in [-0.1, -0.05) is 43.4 Å². The molecule has 0 aromatic heterocycles. The molecule has 2 N–H and O–H groups in total. The van der Waals surface area contributed by atoms with Crippen molar-refractivity contribution in [1.29, 1.82) is 0 Å². The molecule has 0 amide bonds. The molecule has 4 fully saturated rings. The van der Waals surface area contributed by atoms with Gasteiger partial charge in [-0.05, 0) is 67.8 Å². The van der Waals surface area contributed by atoms with E-state index in [1.807, 2.05) is 13.0 Å². The predicted molar refractivity (Wildman–Crippen MR) is 136 cm³/mol. The van der Waals surface area contributed by atoms with Gasteiger partial charge >= 0.3 is 0 Å². The Bertz CT molecular complexity index is 917. The maximum Gasteiger partial charge on any atom is 0.175 e. The number of carbonyl (C=O) groups is 2. The minimum absolute atomic E-state index is 0.0828. The van der Waals surface area contributed by atoms with E-state index >= 15 is 0 Å². The fourth-order valence-electron chi connectivity index (χ4n) is 8.23. The first-order chi connectivity index (χ1) is 16.1. The number of rotatable bonds is 3. The van der Waals surface area contributed by atoms with Crippen molar-refractivity contribution in [1.82, 2.24) is 4.90 Å². The van der Waals surface area contributed by atoms with Gasteiger partial charge in [-0.15, -0.1) is 0 Å². The maximum atomic E-state index is 13.5. The third-order valence-electron chi connectivity index (χ3n) is 10.1. The molecule has 0 bridgehead atoms. The standard InChI is InChI=1S/C26H37NO5S2/c1-24-7-5-17(28)13-16(24)3-4-18-19-6-8-26(31,25(19,2)14-20(29)22(18)24)21(30)15-34-23(33)27-9-11-32-12-10-27/h13,18-20,22,29,31H,3-12,14-15H2,1-2H3/t18-,19+,20+,22-,24-,25-,26-/m0/s1. The number of allylic oxidation sites excluding steroid dienone is 1. The van der Waals surface area contributed by atoms with Crippen LogP contribution in [-0.4, -0.2) is 74.8 Å². The molecule has 4 aliphatic carbocycles. The van der Waals surface area contributed by atoms with Crippen LogP contribution in [0.2, 0.25) is 0 Å². The van der Waals surface area contributed by atoms with Gasteiger partial charge < -0.3 is 19.8 Å². The maximum absolute atomic E-state index is 13.5. The zero-order valence-electron chi connectivity index (χ0n) is 20.3. The van der Waals surface area contributed by atoms with Gasteiger partial charge in [0.2, 0.25) is 0 Å². The molecule has 3 saturated carbocycles. The summed E-state index contributed by atoms with van der Waals surface area (Å²) >= 11 is 6.89. The lowest BCUT2D eigenvalue weighted by molar-refractivity contribution is -0.178. The second-order valence-electron chi connectivity index (χ2n) is 11.6. The van der Waals surface area contributed by atoms with Crippen LogP contribution in [0, 0.1) is 28.6 Å². The number of Topliss-reactive ketones (excluding diaryl/α,β-unsaturated/α-hetero) is 1. The summed E-state index contributed by atoms with van der Waals surface area (Å²) in [6, 6.07) is 0. The van der Waals surface area contributed by atoms with Gasteiger partial charge in [-0.2, -0.15) is 0 Å². The molecular weight excluding hydrogens is 470 g/mol. The van der Waals surface area contributed by atoms with E-state index in [1.165, 1.54) is 17.3 Å². The molecule has 1 heterocycles. The van der Waals surface area contributed by atoms with Crippen molar-refractivity contribution in [3.63, 3.8) is 0 Å². The van der Waals surface area contributed by atoms with Crippen LogP contribution in [-0.2, 0) is 14.3 Å². The number of morpholine rings is 1. The SMILES string of the molecule is C[C@]12CCC(=O)C=C1CC[C@@H]1[C@H]2[C@H](O)C[C@@]2(C)[C@@H]1CC[C@]2(O)C(=O)CSC(=S)N1CCOCC1. The Balaban J connectivity index is 1.34. The average Bonchev–Trinajstić information content (AvgIpc) is 3.09. The molecule has 1 saturated heterocycles. The number of fused-ring (bicyclic) bond motifs is 5. The number of thiocarbonyl (C=S) groups is 1. The number of carbonyl (C=O) groups excluding carboxylic acids is 2. The Morgan fingerprint density at radius 2 is 1.97 bits per heavy atom. The van der Waals surface area contributed by atoms with Crippen molar-refractivity contribution in [2.24, 2.45) is 28.6 Å². The van der Waals surface area contributed by atoms with Crippen molar-refractivity contribution in [2.75, 3.05) is 32.1 Å². The highest BCUT2D eigenvalue weighted by Gasteiger charge is 2.68. The smallest absolute Gasteiger partial charge is 0.175 e. The van der Waals surface area contributed by atoms with Gasteiger partial charge in [0.05, 0.1) is 25.1 Å². The molecule has 0 radical (unpaired) electrons. The summed E-state index contributed by atoms with van der Waals surface area (Å²) in [5, 5.41) is 23.4. The highest BCUT2D eigenvalue weighted by Crippen LogP contribution is 2.67. The summed E-state index contributed by atoms with van der Waals surface area (Å²) < 4.78 is 6.07. The van der Waals surface area contributed by atoms with Crippen molar-refractivity contribution >= 4 is 39.9 Å². The molecule has 8 heteroatoms. The summed E-state index contributed by atoms with van der Waals surface area (Å²) in [6.45, 7) is 7.01. The molecule has 0 unspecified atom stereocenters. The number of nitrogens with zero attached hydrogens (tertiary/aromatic N) is 1. The zero-order chi connectivity index (χ0) is 24.3. The molecule has 5 rings (SSSR count). The number of hydrogen-bond donors (Lipinski definition) is 2. The number of thioether (sulfide) groups is 1. The molecule has 5 aliphatic rings. The van der Waals surface area contributed by atoms with Crippen LogP contribution in [0.5, 0.6) is 0 Å². The van der Waals surface area contributed by atoms with Gasteiger partial charge in [-0.3, -0.25) is 9.59 Å². The Morgan fingerprint density at radius 3 is 2.71 bits per heavy atom. The van der Waals surface area contributed by atoms with Crippen LogP contribution in [0.15, 0.2) is 11.6 Å². The van der Waals surface area contributed by atoms with E-state index in [1.54, 1.807) is 0 Å². The number of hydrogen-bond acceptors (Lipinski definition) is 7. The topological polar surface area (TPSA) is 87.1 Å². The third kappa shape index (κ3) is 3.74. The lowest BCUT2D eigenvalue weighted by atomic mass is 9.45. The molecule has 188 valence electrons. The van der Waals surface area contributed by atoms with Crippen LogP contribution in [0.3, 0.4) is 0 Å². The molecule has 7 atom stereocenters. The lowest BCUT2D eigenvalue weighted by Crippen LogP contribution is -2.62. The molecule has 0 aromatic carbocycles. The predicted octanol–water partition coefficient (Wildman–Crippen LogP) is 3.14. The lowest BCUT2D eigenvalue weighted by Gasteiger charge is -2.60. The monoisotopic (exact) mass is 507 g/mol. The summed E-state index contributed by atoms with van der Waals surface area (Å²) in [7, 11) is 0. The van der Waals surface area contributed by atoms with E-state index < -0.39 is 17.1 Å². The first-order valence-electron chi connectivity index (χ1n) is 12.8. The number of aliphatic hydroxyl groups excluding tert-OH is 1. The first-order valence-corrected chi connectivity index (χ1v) is 14.2. The number of ketones is 2. The molecule has 34 heavy (non-hydrogen) atoms. The van der Waals surface area contributed by atoms with Crippen molar-refractivity contribution < 1.29 is 24.5 Å². The van der Waals surface area contributed by atoms with Crippen LogP contribution in [0.25, 0.3) is 0 Å². The molecule has 0 aromatic rings. The molecule has 0 spiro atoms. The van der Waals surface area contributed by atoms with Crippen LogP contribution in [0.4, 0.5) is 0 Å². The highest BCUT2D eigenvalue weighted by molar-refractivity contribution is 8.23. The molecule has 6 nitrogen and oxygen atoms in total. The van der Waals surface area contributed by atoms with E-state index in [2.05, 4.69) is 11.8 Å². The fourth-order valence-corrected chi connectivity index (χ4v) is 9.45. The van der Waals surface area contributed by atoms with Crippen LogP contribution in [0.1, 0.15) is 58.8 Å². The third-order valence-corrected chi connectivity index (χ3v) is 11.6. The van der Waals surface area contributed by atoms with E-state index in [0.29, 0.717) is 36.8 Å². The quantitative estimate of drug-likeness (QED) is 0.564. The largest absolute Gasteiger partial charge is 0.393 e. The Hall–Kier alpha value is -0.800. The van der Waals surface area contributed by atoms with Gasteiger partial charge in [0.25, 0.3) is 0 Å². The fraction of sp³-hybridized carbons (Fsp3) is 0.808. The van der Waals surface area contributed by atoms with Gasteiger partial charge in [0.15, 0.2) is 11.6 Å². The van der Waals surface area contributed by atoms with E-state index in [0.717, 1.165) is 38.8 Å². The molecule has 1 aliphatic heterocycles. The van der Waals surface area contributed by atoms with Crippen molar-refractivity contribution in [2.45, 2.75) is 70.5 Å². The van der Waals surface area contributed by atoms with Crippen molar-refractivity contribution in [3.8, 4) is 0 Å². The van der Waals surface area contributed by atoms with Gasteiger partial charge in [0, 0.05) is 24.9 Å². The number of aliphatic hydroxyl groups is 2. The van der Waals surface area contributed by atoms with E-state index in [-0.39, 0.29) is 40.5 Å². The van der Waals surface area contributed by atoms with Crippen LogP contribution >= 0.6 is 24.0 Å². The van der Waals surface area contributed by atoms with Gasteiger partial charge in [0.1, 0.15) is 9.92 Å². The summed E-state index contributed by atoms with van der Waals surface area (Å²) in [6.07, 6.45) is 6.05. The zero-order valence-corrected chi connectivity index (χ0v) is 21.9. The van der Waals surface area contributed by atoms with E-state index in [4.69, 9.17) is 17.0 Å². The van der Waals surface area contributed by atoms with Crippen LogP contribution < -0.4 is 0 Å². The van der Waals surface area contributed by atoms with Gasteiger partial charge in [-0.25, -0.2) is 0 Å². The molecular formula is C26H37NO5S2. The number of ether oxygens (including phenoxy) is 1. The second kappa shape index (κ2) is 8.94. The average molecular weight is 508 g/mol. The highest BCUT2D eigenvalue weighted by atomic mass is 32.2. The van der Waals surface area contributed by atoms with Crippen molar-refractivity contribution in [3.05, 3.63) is 11.6 Å². The minimum Gasteiger partial charge on any atom is -0.393 e. The summed E-state index contributed by atoms with van der Waals surface area (Å²) in [4.78, 5) is 27.6. The minimum atomic E-state index is -1.43. The second-order valence-corrected chi connectivity index (χ2v) is 13.2. The Kier molecular flexibility index (Phi) is 6.54. The summed E-state index contributed by atoms with van der Waals surface area (Å²) in [5.74, 6) is 0.741. The summed E-state index contributed by atoms with van der Waals surface area (Å²) in [5.41, 5.74) is -1.04. The first kappa shape index (κ1) is 24.9. The normalized spacial score (nSPS) is 44.1. The van der Waals surface area contributed by atoms with E-state index in [9.17, 15) is 19.8 Å². The Morgan fingerprint density at radius 1 is 1.24 bits per heavy atom.